The Hall–Kier alpha value is -0.770. The first-order valence-corrected chi connectivity index (χ1v) is 8.21. The van der Waals surface area contributed by atoms with Crippen molar-refractivity contribution in [2.45, 2.75) is 45.0 Å². The molecular formula is C17H24ClNO2. The normalized spacial score (nSPS) is 28.2. The van der Waals surface area contributed by atoms with Crippen LogP contribution in [0.5, 0.6) is 5.75 Å². The number of alkyl halides is 1. The van der Waals surface area contributed by atoms with E-state index in [2.05, 4.69) is 43.9 Å². The summed E-state index contributed by atoms with van der Waals surface area (Å²) in [6, 6.07) is 6.44. The molecule has 0 N–H and O–H groups in total. The van der Waals surface area contributed by atoms with Crippen molar-refractivity contribution in [2.24, 2.45) is 0 Å². The SMILES string of the molecule is Cc1ccc2c(c1)CC(CN1CC(CCl)OC(C)(C)C1)O2. The molecule has 2 heterocycles. The van der Waals surface area contributed by atoms with E-state index in [0.29, 0.717) is 5.88 Å². The summed E-state index contributed by atoms with van der Waals surface area (Å²) in [4.78, 5) is 2.43. The Bertz CT molecular complexity index is 518. The van der Waals surface area contributed by atoms with Gasteiger partial charge >= 0.3 is 0 Å². The van der Waals surface area contributed by atoms with Crippen molar-refractivity contribution in [3.05, 3.63) is 29.3 Å². The predicted octanol–water partition coefficient (Wildman–Crippen LogP) is 3.02. The number of hydrogen-bond acceptors (Lipinski definition) is 3. The fourth-order valence-electron chi connectivity index (χ4n) is 3.48. The first kappa shape index (κ1) is 15.1. The van der Waals surface area contributed by atoms with Gasteiger partial charge in [-0.15, -0.1) is 11.6 Å². The number of fused-ring (bicyclic) bond motifs is 1. The second-order valence-corrected chi connectivity index (χ2v) is 7.21. The van der Waals surface area contributed by atoms with Crippen molar-refractivity contribution >= 4 is 11.6 Å². The number of benzene rings is 1. The van der Waals surface area contributed by atoms with Crippen LogP contribution >= 0.6 is 11.6 Å². The maximum absolute atomic E-state index is 6.09. The topological polar surface area (TPSA) is 21.7 Å². The molecule has 2 aliphatic rings. The van der Waals surface area contributed by atoms with Crippen molar-refractivity contribution < 1.29 is 9.47 Å². The molecule has 0 bridgehead atoms. The molecule has 0 radical (unpaired) electrons. The van der Waals surface area contributed by atoms with E-state index in [0.717, 1.165) is 31.8 Å². The van der Waals surface area contributed by atoms with Crippen LogP contribution < -0.4 is 4.74 Å². The highest BCUT2D eigenvalue weighted by Crippen LogP contribution is 2.31. The van der Waals surface area contributed by atoms with Crippen LogP contribution in [-0.2, 0) is 11.2 Å². The number of halogens is 1. The van der Waals surface area contributed by atoms with Gasteiger partial charge < -0.3 is 9.47 Å². The third-order valence-electron chi connectivity index (χ3n) is 4.14. The van der Waals surface area contributed by atoms with E-state index < -0.39 is 0 Å². The van der Waals surface area contributed by atoms with Crippen LogP contribution in [0.25, 0.3) is 0 Å². The third kappa shape index (κ3) is 3.53. The molecular weight excluding hydrogens is 286 g/mol. The second kappa shape index (κ2) is 5.79. The molecule has 116 valence electrons. The highest BCUT2D eigenvalue weighted by molar-refractivity contribution is 6.18. The van der Waals surface area contributed by atoms with Crippen molar-refractivity contribution in [1.82, 2.24) is 4.90 Å². The lowest BCUT2D eigenvalue weighted by atomic mass is 10.0. The van der Waals surface area contributed by atoms with Gasteiger partial charge in [0.25, 0.3) is 0 Å². The van der Waals surface area contributed by atoms with Gasteiger partial charge in [0.05, 0.1) is 11.7 Å². The molecule has 21 heavy (non-hydrogen) atoms. The molecule has 2 atom stereocenters. The predicted molar refractivity (Wildman–Crippen MR) is 85.4 cm³/mol. The third-order valence-corrected chi connectivity index (χ3v) is 4.49. The van der Waals surface area contributed by atoms with E-state index in [1.807, 2.05) is 0 Å². The largest absolute Gasteiger partial charge is 0.488 e. The minimum Gasteiger partial charge on any atom is -0.488 e. The van der Waals surface area contributed by atoms with Gasteiger partial charge in [0, 0.05) is 31.9 Å². The molecule has 0 aliphatic carbocycles. The molecule has 0 saturated carbocycles. The molecule has 2 aliphatic heterocycles. The maximum Gasteiger partial charge on any atom is 0.123 e. The second-order valence-electron chi connectivity index (χ2n) is 6.90. The molecule has 1 saturated heterocycles. The number of morpholine rings is 1. The molecule has 0 aromatic heterocycles. The van der Waals surface area contributed by atoms with Crippen LogP contribution in [0.15, 0.2) is 18.2 Å². The summed E-state index contributed by atoms with van der Waals surface area (Å²) in [5.74, 6) is 1.59. The van der Waals surface area contributed by atoms with Crippen LogP contribution in [0.3, 0.4) is 0 Å². The van der Waals surface area contributed by atoms with Crippen molar-refractivity contribution in [3.8, 4) is 5.75 Å². The molecule has 3 nitrogen and oxygen atoms in total. The summed E-state index contributed by atoms with van der Waals surface area (Å²) in [7, 11) is 0. The summed E-state index contributed by atoms with van der Waals surface area (Å²) in [5.41, 5.74) is 2.49. The highest BCUT2D eigenvalue weighted by atomic mass is 35.5. The Morgan fingerprint density at radius 1 is 1.33 bits per heavy atom. The van der Waals surface area contributed by atoms with Gasteiger partial charge in [-0.1, -0.05) is 17.7 Å². The molecule has 1 aromatic rings. The van der Waals surface area contributed by atoms with E-state index in [9.17, 15) is 0 Å². The summed E-state index contributed by atoms with van der Waals surface area (Å²) < 4.78 is 12.1. The molecule has 0 amide bonds. The summed E-state index contributed by atoms with van der Waals surface area (Å²) in [6.45, 7) is 9.15. The van der Waals surface area contributed by atoms with Gasteiger partial charge in [-0.25, -0.2) is 0 Å². The van der Waals surface area contributed by atoms with Gasteiger partial charge in [0.15, 0.2) is 0 Å². The van der Waals surface area contributed by atoms with Gasteiger partial charge in [-0.3, -0.25) is 4.90 Å². The number of rotatable bonds is 3. The molecule has 1 fully saturated rings. The van der Waals surface area contributed by atoms with Crippen LogP contribution in [0.4, 0.5) is 0 Å². The van der Waals surface area contributed by atoms with E-state index in [1.54, 1.807) is 0 Å². The first-order chi connectivity index (χ1) is 9.95. The van der Waals surface area contributed by atoms with E-state index in [-0.39, 0.29) is 17.8 Å². The molecule has 1 aromatic carbocycles. The Kier molecular flexibility index (Phi) is 4.17. The Labute approximate surface area is 132 Å². The fourth-order valence-corrected chi connectivity index (χ4v) is 3.64. The Morgan fingerprint density at radius 3 is 2.90 bits per heavy atom. The van der Waals surface area contributed by atoms with Crippen LogP contribution in [-0.4, -0.2) is 48.2 Å². The van der Waals surface area contributed by atoms with E-state index in [4.69, 9.17) is 21.1 Å². The van der Waals surface area contributed by atoms with E-state index in [1.165, 1.54) is 11.1 Å². The van der Waals surface area contributed by atoms with Gasteiger partial charge in [-0.2, -0.15) is 0 Å². The number of nitrogens with zero attached hydrogens (tertiary/aromatic N) is 1. The van der Waals surface area contributed by atoms with Crippen LogP contribution in [0.2, 0.25) is 0 Å². The molecule has 2 unspecified atom stereocenters. The van der Waals surface area contributed by atoms with Gasteiger partial charge in [0.1, 0.15) is 11.9 Å². The van der Waals surface area contributed by atoms with Crippen molar-refractivity contribution in [3.63, 3.8) is 0 Å². The highest BCUT2D eigenvalue weighted by Gasteiger charge is 2.35. The minimum atomic E-state index is -0.139. The van der Waals surface area contributed by atoms with Crippen molar-refractivity contribution in [2.75, 3.05) is 25.5 Å². The fraction of sp³-hybridized carbons (Fsp3) is 0.647. The summed E-state index contributed by atoms with van der Waals surface area (Å²) in [6.07, 6.45) is 1.36. The Balaban J connectivity index is 1.63. The molecule has 3 rings (SSSR count). The monoisotopic (exact) mass is 309 g/mol. The quantitative estimate of drug-likeness (QED) is 0.801. The maximum atomic E-state index is 6.09. The van der Waals surface area contributed by atoms with Gasteiger partial charge in [-0.05, 0) is 32.4 Å². The van der Waals surface area contributed by atoms with Crippen LogP contribution in [0, 0.1) is 6.92 Å². The average molecular weight is 310 g/mol. The van der Waals surface area contributed by atoms with Crippen LogP contribution in [0.1, 0.15) is 25.0 Å². The molecule has 4 heteroatoms. The van der Waals surface area contributed by atoms with Gasteiger partial charge in [0.2, 0.25) is 0 Å². The minimum absolute atomic E-state index is 0.112. The average Bonchev–Trinajstić information content (AvgIpc) is 2.77. The number of aryl methyl sites for hydroxylation is 1. The lowest BCUT2D eigenvalue weighted by Crippen LogP contribution is -2.55. The lowest BCUT2D eigenvalue weighted by molar-refractivity contribution is -0.131. The Morgan fingerprint density at radius 2 is 2.14 bits per heavy atom. The number of hydrogen-bond donors (Lipinski definition) is 0. The zero-order valence-corrected chi connectivity index (χ0v) is 13.8. The lowest BCUT2D eigenvalue weighted by Gasteiger charge is -2.42. The zero-order valence-electron chi connectivity index (χ0n) is 13.1. The van der Waals surface area contributed by atoms with E-state index >= 15 is 0 Å². The first-order valence-electron chi connectivity index (χ1n) is 7.67. The summed E-state index contributed by atoms with van der Waals surface area (Å²) >= 11 is 6.00. The molecule has 0 spiro atoms. The zero-order chi connectivity index (χ0) is 15.0. The standard InChI is InChI=1S/C17H24ClNO2/c1-12-4-5-16-13(6-12)7-14(20-16)9-19-10-15(8-18)21-17(2,3)11-19/h4-6,14-15H,7-11H2,1-3H3. The summed E-state index contributed by atoms with van der Waals surface area (Å²) in [5, 5.41) is 0. The smallest absolute Gasteiger partial charge is 0.123 e. The number of ether oxygens (including phenoxy) is 2. The van der Waals surface area contributed by atoms with Crippen molar-refractivity contribution in [1.29, 1.82) is 0 Å².